The zero-order chi connectivity index (χ0) is 14.8. The third kappa shape index (κ3) is 7.10. The molecule has 1 atom stereocenters. The van der Waals surface area contributed by atoms with Crippen molar-refractivity contribution in [3.63, 3.8) is 0 Å². The summed E-state index contributed by atoms with van der Waals surface area (Å²) in [5, 5.41) is 0.744. The Kier molecular flexibility index (Phi) is 9.58. The third-order valence-corrected chi connectivity index (χ3v) is 4.95. The summed E-state index contributed by atoms with van der Waals surface area (Å²) in [6, 6.07) is 6.11. The van der Waals surface area contributed by atoms with Gasteiger partial charge >= 0.3 is 0 Å². The van der Waals surface area contributed by atoms with E-state index in [9.17, 15) is 0 Å². The number of hydrogen-bond acceptors (Lipinski definition) is 1. The minimum Gasteiger partial charge on any atom is -0.324 e. The van der Waals surface area contributed by atoms with Crippen LogP contribution >= 0.6 is 27.5 Å². The molecule has 0 spiro atoms. The first kappa shape index (κ1) is 18.0. The van der Waals surface area contributed by atoms with Gasteiger partial charge in [-0.3, -0.25) is 0 Å². The maximum Gasteiger partial charge on any atom is 0.0548 e. The van der Waals surface area contributed by atoms with Crippen LogP contribution in [0, 0.1) is 0 Å². The molecule has 0 aliphatic carbocycles. The molecule has 0 aromatic heterocycles. The van der Waals surface area contributed by atoms with E-state index in [-0.39, 0.29) is 6.04 Å². The predicted octanol–water partition coefficient (Wildman–Crippen LogP) is 6.63. The topological polar surface area (TPSA) is 26.0 Å². The van der Waals surface area contributed by atoms with Crippen LogP contribution in [0.4, 0.5) is 0 Å². The van der Waals surface area contributed by atoms with Gasteiger partial charge in [0, 0.05) is 10.5 Å². The van der Waals surface area contributed by atoms with E-state index < -0.39 is 0 Å². The van der Waals surface area contributed by atoms with Crippen LogP contribution in [0.5, 0.6) is 0 Å². The van der Waals surface area contributed by atoms with Crippen LogP contribution in [0.2, 0.25) is 5.02 Å². The van der Waals surface area contributed by atoms with Crippen LogP contribution in [-0.2, 0) is 0 Å². The van der Waals surface area contributed by atoms with Gasteiger partial charge in [-0.05, 0) is 40.0 Å². The van der Waals surface area contributed by atoms with E-state index in [1.165, 1.54) is 56.9 Å². The Bertz CT molecular complexity index is 381. The van der Waals surface area contributed by atoms with Crippen molar-refractivity contribution in [2.45, 2.75) is 70.8 Å². The van der Waals surface area contributed by atoms with Gasteiger partial charge in [0.25, 0.3) is 0 Å². The molecule has 0 bridgehead atoms. The lowest BCUT2D eigenvalue weighted by Gasteiger charge is -2.12. The van der Waals surface area contributed by atoms with Crippen LogP contribution < -0.4 is 5.73 Å². The van der Waals surface area contributed by atoms with Gasteiger partial charge in [-0.25, -0.2) is 0 Å². The molecule has 1 aromatic rings. The number of unbranched alkanes of at least 4 members (excludes halogenated alkanes) is 7. The Hall–Kier alpha value is -0.0500. The summed E-state index contributed by atoms with van der Waals surface area (Å²) < 4.78 is 0.933. The van der Waals surface area contributed by atoms with Crippen molar-refractivity contribution in [3.8, 4) is 0 Å². The molecule has 0 aliphatic rings. The summed E-state index contributed by atoms with van der Waals surface area (Å²) in [6.45, 7) is 2.26. The van der Waals surface area contributed by atoms with Crippen molar-refractivity contribution < 1.29 is 0 Å². The van der Waals surface area contributed by atoms with Crippen LogP contribution in [0.15, 0.2) is 22.7 Å². The molecule has 114 valence electrons. The molecule has 3 heteroatoms. The predicted molar refractivity (Wildman–Crippen MR) is 93.3 cm³/mol. The lowest BCUT2D eigenvalue weighted by atomic mass is 10.0. The number of hydrogen-bond donors (Lipinski definition) is 1. The summed E-state index contributed by atoms with van der Waals surface area (Å²) in [4.78, 5) is 0. The van der Waals surface area contributed by atoms with E-state index in [0.717, 1.165) is 15.9 Å². The number of rotatable bonds is 10. The Morgan fingerprint density at radius 2 is 1.65 bits per heavy atom. The first-order valence-electron chi connectivity index (χ1n) is 7.85. The first-order valence-corrected chi connectivity index (χ1v) is 9.02. The van der Waals surface area contributed by atoms with Gasteiger partial charge in [0.1, 0.15) is 0 Å². The van der Waals surface area contributed by atoms with Crippen molar-refractivity contribution in [3.05, 3.63) is 33.3 Å². The van der Waals surface area contributed by atoms with Gasteiger partial charge in [-0.15, -0.1) is 0 Å². The second-order valence-electron chi connectivity index (χ2n) is 5.54. The standard InChI is InChI=1S/C17H27BrClN/c1-2-3-4-5-6-7-8-9-10-17(20)14-11-12-16(19)15(18)13-14/h11-13,17H,2-10,20H2,1H3. The van der Waals surface area contributed by atoms with Gasteiger partial charge < -0.3 is 5.73 Å². The Morgan fingerprint density at radius 3 is 2.25 bits per heavy atom. The molecule has 20 heavy (non-hydrogen) atoms. The fraction of sp³-hybridized carbons (Fsp3) is 0.647. The highest BCUT2D eigenvalue weighted by atomic mass is 79.9. The Labute approximate surface area is 137 Å². The van der Waals surface area contributed by atoms with Crippen LogP contribution in [-0.4, -0.2) is 0 Å². The van der Waals surface area contributed by atoms with E-state index in [1.807, 2.05) is 18.2 Å². The molecular formula is C17H27BrClN. The maximum atomic E-state index is 6.23. The number of benzene rings is 1. The normalized spacial score (nSPS) is 12.6. The minimum absolute atomic E-state index is 0.128. The van der Waals surface area contributed by atoms with Crippen molar-refractivity contribution >= 4 is 27.5 Å². The summed E-state index contributed by atoms with van der Waals surface area (Å²) in [7, 11) is 0. The van der Waals surface area contributed by atoms with Gasteiger partial charge in [-0.2, -0.15) is 0 Å². The van der Waals surface area contributed by atoms with E-state index >= 15 is 0 Å². The molecule has 0 radical (unpaired) electrons. The molecule has 0 saturated heterocycles. The highest BCUT2D eigenvalue weighted by Crippen LogP contribution is 2.27. The summed E-state index contributed by atoms with van der Waals surface area (Å²) in [5.74, 6) is 0. The Balaban J connectivity index is 2.13. The average molecular weight is 361 g/mol. The zero-order valence-corrected chi connectivity index (χ0v) is 14.8. The van der Waals surface area contributed by atoms with Crippen LogP contribution in [0.3, 0.4) is 0 Å². The smallest absolute Gasteiger partial charge is 0.0548 e. The highest BCUT2D eigenvalue weighted by Gasteiger charge is 2.07. The molecule has 1 rings (SSSR count). The monoisotopic (exact) mass is 359 g/mol. The molecule has 1 nitrogen and oxygen atoms in total. The minimum atomic E-state index is 0.128. The number of halogens is 2. The largest absolute Gasteiger partial charge is 0.324 e. The van der Waals surface area contributed by atoms with Crippen molar-refractivity contribution in [2.24, 2.45) is 5.73 Å². The maximum absolute atomic E-state index is 6.23. The van der Waals surface area contributed by atoms with E-state index in [2.05, 4.69) is 22.9 Å². The molecule has 0 amide bonds. The van der Waals surface area contributed by atoms with E-state index in [0.29, 0.717) is 0 Å². The SMILES string of the molecule is CCCCCCCCCCC(N)c1ccc(Cl)c(Br)c1. The number of nitrogens with two attached hydrogens (primary N) is 1. The molecule has 0 saturated carbocycles. The second-order valence-corrected chi connectivity index (χ2v) is 6.81. The average Bonchev–Trinajstić information content (AvgIpc) is 2.44. The molecular weight excluding hydrogens is 334 g/mol. The zero-order valence-electron chi connectivity index (χ0n) is 12.5. The third-order valence-electron chi connectivity index (χ3n) is 3.74. The first-order chi connectivity index (χ1) is 9.65. The van der Waals surface area contributed by atoms with Crippen molar-refractivity contribution in [1.29, 1.82) is 0 Å². The van der Waals surface area contributed by atoms with Gasteiger partial charge in [0.05, 0.1) is 5.02 Å². The van der Waals surface area contributed by atoms with E-state index in [4.69, 9.17) is 17.3 Å². The van der Waals surface area contributed by atoms with Gasteiger partial charge in [-0.1, -0.05) is 76.0 Å². The molecule has 2 N–H and O–H groups in total. The van der Waals surface area contributed by atoms with Gasteiger partial charge in [0.15, 0.2) is 0 Å². The quantitative estimate of drug-likeness (QED) is 0.465. The fourth-order valence-electron chi connectivity index (χ4n) is 2.41. The van der Waals surface area contributed by atoms with Crippen molar-refractivity contribution in [1.82, 2.24) is 0 Å². The molecule has 1 unspecified atom stereocenters. The van der Waals surface area contributed by atoms with Crippen LogP contribution in [0.1, 0.15) is 76.3 Å². The van der Waals surface area contributed by atoms with E-state index in [1.54, 1.807) is 0 Å². The lowest BCUT2D eigenvalue weighted by Crippen LogP contribution is -2.10. The fourth-order valence-corrected chi connectivity index (χ4v) is 2.92. The highest BCUT2D eigenvalue weighted by molar-refractivity contribution is 9.10. The molecule has 0 heterocycles. The second kappa shape index (κ2) is 10.6. The molecule has 0 fully saturated rings. The van der Waals surface area contributed by atoms with Crippen LogP contribution in [0.25, 0.3) is 0 Å². The summed E-state index contributed by atoms with van der Waals surface area (Å²) in [5.41, 5.74) is 7.40. The molecule has 1 aromatic carbocycles. The molecule has 0 aliphatic heterocycles. The van der Waals surface area contributed by atoms with Crippen molar-refractivity contribution in [2.75, 3.05) is 0 Å². The Morgan fingerprint density at radius 1 is 1.05 bits per heavy atom. The lowest BCUT2D eigenvalue weighted by molar-refractivity contribution is 0.536. The van der Waals surface area contributed by atoms with Gasteiger partial charge in [0.2, 0.25) is 0 Å². The summed E-state index contributed by atoms with van der Waals surface area (Å²) in [6.07, 6.45) is 11.8. The summed E-state index contributed by atoms with van der Waals surface area (Å²) >= 11 is 9.45.